The maximum absolute atomic E-state index is 10.6. The second kappa shape index (κ2) is 7.18. The lowest BCUT2D eigenvalue weighted by Gasteiger charge is -2.54. The van der Waals surface area contributed by atoms with Crippen LogP contribution < -0.4 is 4.74 Å². The van der Waals surface area contributed by atoms with E-state index in [0.29, 0.717) is 19.4 Å². The van der Waals surface area contributed by atoms with Gasteiger partial charge in [0.1, 0.15) is 18.5 Å². The molecule has 26 heavy (non-hydrogen) atoms. The number of piperidine rings is 1. The molecular weight excluding hydrogens is 326 g/mol. The maximum atomic E-state index is 10.6. The van der Waals surface area contributed by atoms with Gasteiger partial charge >= 0.3 is 0 Å². The lowest BCUT2D eigenvalue weighted by Crippen LogP contribution is -2.63. The van der Waals surface area contributed by atoms with Crippen molar-refractivity contribution in [2.45, 2.75) is 63.8 Å². The van der Waals surface area contributed by atoms with Crippen LogP contribution >= 0.6 is 0 Å². The highest BCUT2D eigenvalue weighted by Crippen LogP contribution is 2.38. The van der Waals surface area contributed by atoms with Gasteiger partial charge in [0, 0.05) is 23.0 Å². The van der Waals surface area contributed by atoms with Gasteiger partial charge in [0.15, 0.2) is 0 Å². The molecule has 3 rings (SSSR count). The van der Waals surface area contributed by atoms with Crippen LogP contribution in [0.2, 0.25) is 0 Å². The Kier molecular flexibility index (Phi) is 5.29. The van der Waals surface area contributed by atoms with E-state index in [1.165, 1.54) is 0 Å². The highest BCUT2D eigenvalue weighted by atomic mass is 16.5. The number of fused-ring (bicyclic) bond motifs is 1. The molecule has 0 bridgehead atoms. The summed E-state index contributed by atoms with van der Waals surface area (Å²) in [6.07, 6.45) is 0.545. The molecule has 0 amide bonds. The third-order valence-electron chi connectivity index (χ3n) is 5.51. The smallest absolute Gasteiger partial charge is 0.127 e. The van der Waals surface area contributed by atoms with Crippen molar-refractivity contribution in [2.24, 2.45) is 0 Å². The fourth-order valence-electron chi connectivity index (χ4n) is 4.53. The standard InChI is InChI=1S/C22H31NO3/c1-21(2)12-17(24)13-22(3,4)23(21)14-18(25)15-26-20-11-7-9-16-8-5-6-10-19(16)20/h5-11,17-18,24-25H,12-15H2,1-4H3. The van der Waals surface area contributed by atoms with Gasteiger partial charge in [-0.25, -0.2) is 0 Å². The van der Waals surface area contributed by atoms with Crippen LogP contribution in [-0.4, -0.2) is 51.6 Å². The van der Waals surface area contributed by atoms with Crippen LogP contribution in [0.5, 0.6) is 5.75 Å². The van der Waals surface area contributed by atoms with Crippen LogP contribution in [0.3, 0.4) is 0 Å². The van der Waals surface area contributed by atoms with Gasteiger partial charge in [0.05, 0.1) is 6.10 Å². The molecule has 1 unspecified atom stereocenters. The van der Waals surface area contributed by atoms with E-state index < -0.39 is 6.10 Å². The minimum Gasteiger partial charge on any atom is -0.490 e. The summed E-state index contributed by atoms with van der Waals surface area (Å²) < 4.78 is 5.95. The lowest BCUT2D eigenvalue weighted by molar-refractivity contribution is -0.0999. The molecule has 1 fully saturated rings. The van der Waals surface area contributed by atoms with Crippen LogP contribution in [0.15, 0.2) is 42.5 Å². The number of aliphatic hydroxyl groups excluding tert-OH is 2. The van der Waals surface area contributed by atoms with Gasteiger partial charge in [0.2, 0.25) is 0 Å². The molecule has 1 aliphatic rings. The van der Waals surface area contributed by atoms with E-state index in [-0.39, 0.29) is 23.8 Å². The molecular formula is C22H31NO3. The summed E-state index contributed by atoms with van der Waals surface area (Å²) in [6.45, 7) is 9.31. The Morgan fingerprint density at radius 3 is 2.35 bits per heavy atom. The van der Waals surface area contributed by atoms with E-state index in [2.05, 4.69) is 44.7 Å². The molecule has 4 nitrogen and oxygen atoms in total. The molecule has 0 spiro atoms. The minimum atomic E-state index is -0.595. The Morgan fingerprint density at radius 1 is 1.04 bits per heavy atom. The van der Waals surface area contributed by atoms with Crippen LogP contribution in [0.25, 0.3) is 10.8 Å². The molecule has 2 aromatic rings. The molecule has 2 aromatic carbocycles. The van der Waals surface area contributed by atoms with Crippen molar-refractivity contribution in [3.8, 4) is 5.75 Å². The van der Waals surface area contributed by atoms with E-state index in [9.17, 15) is 10.2 Å². The normalized spacial score (nSPS) is 21.6. The summed E-state index contributed by atoms with van der Waals surface area (Å²) in [5.41, 5.74) is -0.330. The number of nitrogens with zero attached hydrogens (tertiary/aromatic N) is 1. The number of benzene rings is 2. The number of aliphatic hydroxyl groups is 2. The summed E-state index contributed by atoms with van der Waals surface area (Å²) in [5.74, 6) is 0.801. The highest BCUT2D eigenvalue weighted by Gasteiger charge is 2.45. The van der Waals surface area contributed by atoms with Gasteiger partial charge in [-0.05, 0) is 52.0 Å². The van der Waals surface area contributed by atoms with E-state index >= 15 is 0 Å². The zero-order chi connectivity index (χ0) is 18.9. The van der Waals surface area contributed by atoms with Crippen LogP contribution in [0.4, 0.5) is 0 Å². The van der Waals surface area contributed by atoms with Crippen molar-refractivity contribution >= 4 is 10.8 Å². The summed E-state index contributed by atoms with van der Waals surface area (Å²) >= 11 is 0. The molecule has 142 valence electrons. The van der Waals surface area contributed by atoms with E-state index in [4.69, 9.17) is 4.74 Å². The number of β-amino-alcohol motifs (C(OH)–C–C–N with tert-alkyl or cyclic N) is 1. The van der Waals surface area contributed by atoms with Crippen LogP contribution in [0.1, 0.15) is 40.5 Å². The van der Waals surface area contributed by atoms with Crippen molar-refractivity contribution in [2.75, 3.05) is 13.2 Å². The molecule has 4 heteroatoms. The molecule has 1 heterocycles. The third-order valence-corrected chi connectivity index (χ3v) is 5.51. The molecule has 0 aliphatic carbocycles. The first-order valence-corrected chi connectivity index (χ1v) is 9.43. The molecule has 2 N–H and O–H groups in total. The van der Waals surface area contributed by atoms with Gasteiger partial charge in [0.25, 0.3) is 0 Å². The average molecular weight is 357 g/mol. The van der Waals surface area contributed by atoms with Crippen molar-refractivity contribution in [3.63, 3.8) is 0 Å². The predicted octanol–water partition coefficient (Wildman–Crippen LogP) is 3.59. The first kappa shape index (κ1) is 19.2. The Labute approximate surface area is 156 Å². The number of hydrogen-bond donors (Lipinski definition) is 2. The number of likely N-dealkylation sites (tertiary alicyclic amines) is 1. The van der Waals surface area contributed by atoms with Crippen molar-refractivity contribution in [3.05, 3.63) is 42.5 Å². The second-order valence-corrected chi connectivity index (χ2v) is 8.74. The zero-order valence-electron chi connectivity index (χ0n) is 16.3. The number of hydrogen-bond acceptors (Lipinski definition) is 4. The van der Waals surface area contributed by atoms with Crippen LogP contribution in [-0.2, 0) is 0 Å². The Balaban J connectivity index is 1.67. The van der Waals surface area contributed by atoms with Gasteiger partial charge in [-0.2, -0.15) is 0 Å². The summed E-state index contributed by atoms with van der Waals surface area (Å²) in [7, 11) is 0. The Morgan fingerprint density at radius 2 is 1.65 bits per heavy atom. The zero-order valence-corrected chi connectivity index (χ0v) is 16.3. The first-order chi connectivity index (χ1) is 12.2. The summed E-state index contributed by atoms with van der Waals surface area (Å²) in [4.78, 5) is 2.31. The van der Waals surface area contributed by atoms with Crippen molar-refractivity contribution in [1.82, 2.24) is 4.90 Å². The van der Waals surface area contributed by atoms with Crippen molar-refractivity contribution < 1.29 is 14.9 Å². The fraction of sp³-hybridized carbons (Fsp3) is 0.545. The van der Waals surface area contributed by atoms with E-state index in [1.807, 2.05) is 30.3 Å². The monoisotopic (exact) mass is 357 g/mol. The largest absolute Gasteiger partial charge is 0.490 e. The highest BCUT2D eigenvalue weighted by molar-refractivity contribution is 5.88. The maximum Gasteiger partial charge on any atom is 0.127 e. The first-order valence-electron chi connectivity index (χ1n) is 9.43. The number of ether oxygens (including phenoxy) is 1. The summed E-state index contributed by atoms with van der Waals surface area (Å²) in [6, 6.07) is 14.1. The minimum absolute atomic E-state index is 0.165. The van der Waals surface area contributed by atoms with Crippen LogP contribution in [0, 0.1) is 0 Å². The van der Waals surface area contributed by atoms with Gasteiger partial charge in [-0.15, -0.1) is 0 Å². The molecule has 0 aromatic heterocycles. The lowest BCUT2D eigenvalue weighted by atomic mass is 9.78. The fourth-order valence-corrected chi connectivity index (χ4v) is 4.53. The molecule has 1 saturated heterocycles. The predicted molar refractivity (Wildman–Crippen MR) is 106 cm³/mol. The molecule has 0 radical (unpaired) electrons. The third kappa shape index (κ3) is 4.03. The van der Waals surface area contributed by atoms with Gasteiger partial charge < -0.3 is 14.9 Å². The van der Waals surface area contributed by atoms with Gasteiger partial charge in [-0.3, -0.25) is 4.90 Å². The Hall–Kier alpha value is -1.62. The SMILES string of the molecule is CC1(C)CC(O)CC(C)(C)N1CC(O)COc1cccc2ccccc12. The van der Waals surface area contributed by atoms with E-state index in [1.54, 1.807) is 0 Å². The summed E-state index contributed by atoms with van der Waals surface area (Å²) in [5, 5.41) is 23.0. The number of rotatable bonds is 5. The van der Waals surface area contributed by atoms with Crippen molar-refractivity contribution in [1.29, 1.82) is 0 Å². The van der Waals surface area contributed by atoms with Gasteiger partial charge in [-0.1, -0.05) is 36.4 Å². The van der Waals surface area contributed by atoms with E-state index in [0.717, 1.165) is 16.5 Å². The molecule has 1 aliphatic heterocycles. The average Bonchev–Trinajstić information content (AvgIpc) is 2.55. The quantitative estimate of drug-likeness (QED) is 0.859. The topological polar surface area (TPSA) is 52.9 Å². The molecule has 1 atom stereocenters. The second-order valence-electron chi connectivity index (χ2n) is 8.74. The Bertz CT molecular complexity index is 733. The molecule has 0 saturated carbocycles.